The third-order valence-electron chi connectivity index (χ3n) is 3.11. The van der Waals surface area contributed by atoms with E-state index in [0.29, 0.717) is 0 Å². The molecule has 1 fully saturated rings. The van der Waals surface area contributed by atoms with Crippen LogP contribution in [-0.4, -0.2) is 35.4 Å². The monoisotopic (exact) mass is 188 g/mol. The molecule has 0 atom stereocenters. The third kappa shape index (κ3) is 6.55. The van der Waals surface area contributed by atoms with E-state index in [2.05, 4.69) is 66.6 Å². The van der Waals surface area contributed by atoms with Crippen LogP contribution in [0.1, 0.15) is 37.7 Å². The van der Waals surface area contributed by atoms with Crippen molar-refractivity contribution in [1.29, 1.82) is 0 Å². The average Bonchev–Trinajstić information content (AvgIpc) is 2.25. The van der Waals surface area contributed by atoms with Crippen molar-refractivity contribution in [2.45, 2.75) is 43.6 Å². The Labute approximate surface area is 113 Å². The van der Waals surface area contributed by atoms with Crippen molar-refractivity contribution in [2.75, 3.05) is 0 Å². The summed E-state index contributed by atoms with van der Waals surface area (Å²) in [7, 11) is 0. The molecule has 1 aromatic rings. The SMILES string of the molecule is [Li][CH]1CCCCC1.[Li][c]1ccc(C)cc1. The zero-order chi connectivity index (χ0) is 11.1. The van der Waals surface area contributed by atoms with Crippen LogP contribution in [0, 0.1) is 6.92 Å². The fourth-order valence-electron chi connectivity index (χ4n) is 1.94. The summed E-state index contributed by atoms with van der Waals surface area (Å²) in [6, 6.07) is 8.48. The molecule has 1 aromatic carbocycles. The van der Waals surface area contributed by atoms with Crippen molar-refractivity contribution in [3.8, 4) is 0 Å². The van der Waals surface area contributed by atoms with Gasteiger partial charge in [-0.3, -0.25) is 0 Å². The molecule has 0 bridgehead atoms. The molecule has 0 spiro atoms. The van der Waals surface area contributed by atoms with Crippen LogP contribution in [0.2, 0.25) is 4.59 Å². The maximum absolute atomic E-state index is 2.36. The summed E-state index contributed by atoms with van der Waals surface area (Å²) in [5, 5.41) is 0. The van der Waals surface area contributed by atoms with E-state index in [-0.39, 0.29) is 0 Å². The van der Waals surface area contributed by atoms with E-state index in [1.165, 1.54) is 41.9 Å². The Hall–Kier alpha value is 0.415. The number of hydrogen-bond donors (Lipinski definition) is 0. The molecule has 1 saturated carbocycles. The maximum atomic E-state index is 2.36. The van der Waals surface area contributed by atoms with E-state index >= 15 is 0 Å². The molecule has 0 aliphatic heterocycles. The van der Waals surface area contributed by atoms with E-state index in [0.717, 1.165) is 4.59 Å². The Kier molecular flexibility index (Phi) is 6.87. The van der Waals surface area contributed by atoms with Crippen LogP contribution in [0.15, 0.2) is 24.3 Å². The summed E-state index contributed by atoms with van der Waals surface area (Å²) >= 11 is 4.46. The fourth-order valence-corrected chi connectivity index (χ4v) is 1.94. The normalized spacial score (nSPS) is 16.9. The van der Waals surface area contributed by atoms with Gasteiger partial charge in [-0.15, -0.1) is 0 Å². The zero-order valence-corrected chi connectivity index (χ0v) is 10.4. The molecular formula is C13H18Li2. The summed E-state index contributed by atoms with van der Waals surface area (Å²) in [4.78, 5) is 0. The van der Waals surface area contributed by atoms with Crippen LogP contribution in [0.5, 0.6) is 0 Å². The van der Waals surface area contributed by atoms with Crippen molar-refractivity contribution in [3.05, 3.63) is 29.8 Å². The summed E-state index contributed by atoms with van der Waals surface area (Å²) in [6.07, 6.45) is 7.44. The number of hydrogen-bond acceptors (Lipinski definition) is 0. The van der Waals surface area contributed by atoms with Gasteiger partial charge in [-0.25, -0.2) is 0 Å². The second-order valence-corrected chi connectivity index (χ2v) is 4.90. The van der Waals surface area contributed by atoms with Crippen LogP contribution in [0.4, 0.5) is 0 Å². The molecule has 72 valence electrons. The van der Waals surface area contributed by atoms with Gasteiger partial charge in [0.15, 0.2) is 0 Å². The fraction of sp³-hybridized carbons (Fsp3) is 0.538. The van der Waals surface area contributed by atoms with E-state index in [1.54, 1.807) is 0 Å². The second kappa shape index (κ2) is 7.65. The number of rotatable bonds is 0. The standard InChI is InChI=1S/C7H7.C6H11.2Li/c1-7-5-3-2-4-6-7;1-2-4-6-5-3-1;;/h3-6H,1H3;1H,2-6H2;;. The van der Waals surface area contributed by atoms with Gasteiger partial charge in [0.25, 0.3) is 0 Å². The van der Waals surface area contributed by atoms with Gasteiger partial charge in [-0.1, -0.05) is 0 Å². The van der Waals surface area contributed by atoms with Crippen LogP contribution < -0.4 is 4.24 Å². The first-order valence-electron chi connectivity index (χ1n) is 6.22. The first-order valence-corrected chi connectivity index (χ1v) is 6.22. The molecule has 0 amide bonds. The first kappa shape index (κ1) is 13.5. The van der Waals surface area contributed by atoms with Gasteiger partial charge in [-0.2, -0.15) is 0 Å². The van der Waals surface area contributed by atoms with E-state index < -0.39 is 0 Å². The number of benzene rings is 1. The predicted molar refractivity (Wildman–Crippen MR) is 69.2 cm³/mol. The van der Waals surface area contributed by atoms with Gasteiger partial charge in [-0.05, 0) is 0 Å². The Balaban J connectivity index is 0.000000151. The van der Waals surface area contributed by atoms with Crippen LogP contribution in [0.25, 0.3) is 0 Å². The van der Waals surface area contributed by atoms with Gasteiger partial charge >= 0.3 is 113 Å². The molecule has 1 aliphatic rings. The quantitative estimate of drug-likeness (QED) is 0.549. The Morgan fingerprint density at radius 3 is 1.87 bits per heavy atom. The van der Waals surface area contributed by atoms with Gasteiger partial charge in [0.05, 0.1) is 0 Å². The topological polar surface area (TPSA) is 0 Å². The molecule has 2 heteroatoms. The van der Waals surface area contributed by atoms with Gasteiger partial charge < -0.3 is 0 Å². The molecular weight excluding hydrogens is 170 g/mol. The molecule has 0 nitrogen and oxygen atoms in total. The van der Waals surface area contributed by atoms with Crippen molar-refractivity contribution >= 4 is 39.7 Å². The number of aryl methyl sites for hydroxylation is 1. The molecule has 0 unspecified atom stereocenters. The molecule has 1 aliphatic carbocycles. The Morgan fingerprint density at radius 2 is 1.53 bits per heavy atom. The summed E-state index contributed by atoms with van der Waals surface area (Å²) in [5.41, 5.74) is 1.33. The van der Waals surface area contributed by atoms with Crippen LogP contribution >= 0.6 is 0 Å². The van der Waals surface area contributed by atoms with E-state index in [1.807, 2.05) is 0 Å². The molecule has 0 saturated heterocycles. The Bertz CT molecular complexity index is 239. The summed E-state index contributed by atoms with van der Waals surface area (Å²) in [5.74, 6) is 0. The van der Waals surface area contributed by atoms with Crippen LogP contribution in [0.3, 0.4) is 0 Å². The Morgan fingerprint density at radius 1 is 1.00 bits per heavy atom. The summed E-state index contributed by atoms with van der Waals surface area (Å²) in [6.45, 7) is 2.10. The molecule has 0 N–H and O–H groups in total. The minimum atomic E-state index is 1.04. The van der Waals surface area contributed by atoms with Gasteiger partial charge in [0.2, 0.25) is 0 Å². The van der Waals surface area contributed by atoms with Crippen LogP contribution in [-0.2, 0) is 0 Å². The predicted octanol–water partition coefficient (Wildman–Crippen LogP) is 2.70. The average molecular weight is 188 g/mol. The first-order chi connectivity index (χ1) is 7.18. The van der Waals surface area contributed by atoms with Crippen molar-refractivity contribution in [1.82, 2.24) is 0 Å². The second-order valence-electron chi connectivity index (χ2n) is 4.90. The molecule has 0 aromatic heterocycles. The zero-order valence-electron chi connectivity index (χ0n) is 10.4. The molecule has 0 heterocycles. The van der Waals surface area contributed by atoms with E-state index in [9.17, 15) is 0 Å². The molecule has 0 radical (unpaired) electrons. The minimum absolute atomic E-state index is 1.04. The summed E-state index contributed by atoms with van der Waals surface area (Å²) < 4.78 is 2.37. The van der Waals surface area contributed by atoms with Gasteiger partial charge in [0, 0.05) is 0 Å². The third-order valence-corrected chi connectivity index (χ3v) is 3.11. The molecule has 2 rings (SSSR count). The van der Waals surface area contributed by atoms with Gasteiger partial charge in [0.1, 0.15) is 0 Å². The van der Waals surface area contributed by atoms with Crippen molar-refractivity contribution < 1.29 is 0 Å². The van der Waals surface area contributed by atoms with Crippen molar-refractivity contribution in [3.63, 3.8) is 0 Å². The van der Waals surface area contributed by atoms with Crippen molar-refractivity contribution in [2.24, 2.45) is 0 Å². The van der Waals surface area contributed by atoms with E-state index in [4.69, 9.17) is 0 Å². The molecule has 15 heavy (non-hydrogen) atoms.